The van der Waals surface area contributed by atoms with Crippen molar-refractivity contribution >= 4 is 11.9 Å². The zero-order valence-corrected chi connectivity index (χ0v) is 11.8. The van der Waals surface area contributed by atoms with Crippen LogP contribution in [0.3, 0.4) is 0 Å². The van der Waals surface area contributed by atoms with Crippen molar-refractivity contribution in [1.29, 1.82) is 0 Å². The summed E-state index contributed by atoms with van der Waals surface area (Å²) in [6, 6.07) is 6.00. The molecule has 0 saturated carbocycles. The molecule has 2 unspecified atom stereocenters. The van der Waals surface area contributed by atoms with Crippen molar-refractivity contribution in [3.63, 3.8) is 0 Å². The number of nitrogens with zero attached hydrogens (tertiary/aromatic N) is 1. The summed E-state index contributed by atoms with van der Waals surface area (Å²) in [6.45, 7) is 2.56. The van der Waals surface area contributed by atoms with Gasteiger partial charge in [0.2, 0.25) is 5.91 Å². The Bertz CT molecular complexity index is 534. The highest BCUT2D eigenvalue weighted by molar-refractivity contribution is 5.79. The van der Waals surface area contributed by atoms with Gasteiger partial charge in [0, 0.05) is 13.1 Å². The van der Waals surface area contributed by atoms with E-state index in [1.807, 2.05) is 6.92 Å². The van der Waals surface area contributed by atoms with Gasteiger partial charge in [-0.05, 0) is 18.1 Å². The zero-order valence-electron chi connectivity index (χ0n) is 11.8. The van der Waals surface area contributed by atoms with Gasteiger partial charge in [-0.25, -0.2) is 4.39 Å². The Kier molecular flexibility index (Phi) is 4.77. The molecule has 1 aliphatic rings. The number of likely N-dealkylation sites (tertiary alicyclic amines) is 1. The minimum Gasteiger partial charge on any atom is -0.490 e. The molecule has 0 spiro atoms. The van der Waals surface area contributed by atoms with E-state index in [-0.39, 0.29) is 37.1 Å². The predicted octanol–water partition coefficient (Wildman–Crippen LogP) is 1.77. The van der Waals surface area contributed by atoms with Gasteiger partial charge in [0.15, 0.2) is 11.6 Å². The van der Waals surface area contributed by atoms with E-state index in [1.54, 1.807) is 12.1 Å². The number of carboxylic acid groups (broad SMARTS) is 1. The molecule has 1 N–H and O–H groups in total. The van der Waals surface area contributed by atoms with Gasteiger partial charge >= 0.3 is 5.97 Å². The van der Waals surface area contributed by atoms with Crippen LogP contribution in [-0.2, 0) is 9.59 Å². The van der Waals surface area contributed by atoms with Gasteiger partial charge in [0.25, 0.3) is 0 Å². The number of rotatable bonds is 5. The van der Waals surface area contributed by atoms with Crippen molar-refractivity contribution in [3.8, 4) is 5.75 Å². The van der Waals surface area contributed by atoms with Crippen molar-refractivity contribution in [2.75, 3.05) is 19.7 Å². The van der Waals surface area contributed by atoms with E-state index in [1.165, 1.54) is 17.0 Å². The number of halogens is 1. The lowest BCUT2D eigenvalue weighted by atomic mass is 9.99. The molecule has 114 valence electrons. The number of hydrogen-bond donors (Lipinski definition) is 1. The van der Waals surface area contributed by atoms with Crippen LogP contribution in [0.2, 0.25) is 0 Å². The molecule has 0 radical (unpaired) electrons. The third-order valence-corrected chi connectivity index (χ3v) is 3.69. The summed E-state index contributed by atoms with van der Waals surface area (Å²) in [6.07, 6.45) is 0.105. The maximum atomic E-state index is 13.3. The van der Waals surface area contributed by atoms with Crippen molar-refractivity contribution in [3.05, 3.63) is 30.1 Å². The number of carboxylic acids is 1. The minimum absolute atomic E-state index is 0.0565. The number of amides is 1. The molecule has 0 aromatic heterocycles. The maximum absolute atomic E-state index is 13.3. The molecule has 2 rings (SSSR count). The van der Waals surface area contributed by atoms with Crippen molar-refractivity contribution in [2.24, 2.45) is 11.8 Å². The summed E-state index contributed by atoms with van der Waals surface area (Å²) in [4.78, 5) is 24.5. The minimum atomic E-state index is -0.875. The normalized spacial score (nSPS) is 21.3. The van der Waals surface area contributed by atoms with Gasteiger partial charge in [-0.15, -0.1) is 0 Å². The fourth-order valence-corrected chi connectivity index (χ4v) is 2.46. The molecule has 2 atom stereocenters. The van der Waals surface area contributed by atoms with Crippen LogP contribution < -0.4 is 4.74 Å². The van der Waals surface area contributed by atoms with E-state index in [9.17, 15) is 14.0 Å². The zero-order chi connectivity index (χ0) is 15.4. The van der Waals surface area contributed by atoms with Gasteiger partial charge in [-0.3, -0.25) is 9.59 Å². The summed E-state index contributed by atoms with van der Waals surface area (Å²) in [5.41, 5.74) is 0. The SMILES string of the molecule is CC1CN(C(=O)CCOc2ccccc2F)CC1C(=O)O. The third kappa shape index (κ3) is 3.71. The third-order valence-electron chi connectivity index (χ3n) is 3.69. The summed E-state index contributed by atoms with van der Waals surface area (Å²) < 4.78 is 18.6. The molecule has 1 aromatic carbocycles. The molecule has 21 heavy (non-hydrogen) atoms. The van der Waals surface area contributed by atoms with Gasteiger partial charge < -0.3 is 14.7 Å². The second kappa shape index (κ2) is 6.56. The second-order valence-electron chi connectivity index (χ2n) is 5.25. The number of benzene rings is 1. The van der Waals surface area contributed by atoms with Crippen LogP contribution in [0, 0.1) is 17.7 Å². The highest BCUT2D eigenvalue weighted by atomic mass is 19.1. The Labute approximate surface area is 122 Å². The number of hydrogen-bond acceptors (Lipinski definition) is 3. The Morgan fingerprint density at radius 3 is 2.71 bits per heavy atom. The van der Waals surface area contributed by atoms with E-state index < -0.39 is 17.7 Å². The Balaban J connectivity index is 1.81. The summed E-state index contributed by atoms with van der Waals surface area (Å²) >= 11 is 0. The summed E-state index contributed by atoms with van der Waals surface area (Å²) in [5, 5.41) is 9.03. The average Bonchev–Trinajstić information content (AvgIpc) is 2.83. The summed E-state index contributed by atoms with van der Waals surface area (Å²) in [5.74, 6) is -1.96. The van der Waals surface area contributed by atoms with Crippen molar-refractivity contribution in [2.45, 2.75) is 13.3 Å². The van der Waals surface area contributed by atoms with Gasteiger partial charge in [0.05, 0.1) is 18.9 Å². The van der Waals surface area contributed by atoms with Crippen LogP contribution in [0.4, 0.5) is 4.39 Å². The Morgan fingerprint density at radius 2 is 2.10 bits per heavy atom. The molecule has 0 aliphatic carbocycles. The van der Waals surface area contributed by atoms with Crippen LogP contribution in [0.5, 0.6) is 5.75 Å². The Hall–Kier alpha value is -2.11. The number of aliphatic carboxylic acids is 1. The van der Waals surface area contributed by atoms with Crippen LogP contribution >= 0.6 is 0 Å². The predicted molar refractivity (Wildman–Crippen MR) is 73.4 cm³/mol. The van der Waals surface area contributed by atoms with Crippen molar-refractivity contribution < 1.29 is 23.8 Å². The number of ether oxygens (including phenoxy) is 1. The molecule has 0 bridgehead atoms. The van der Waals surface area contributed by atoms with Gasteiger partial charge in [0.1, 0.15) is 0 Å². The number of carbonyl (C=O) groups is 2. The van der Waals surface area contributed by atoms with E-state index in [0.29, 0.717) is 6.54 Å². The fourth-order valence-electron chi connectivity index (χ4n) is 2.46. The monoisotopic (exact) mass is 295 g/mol. The average molecular weight is 295 g/mol. The molecular weight excluding hydrogens is 277 g/mol. The van der Waals surface area contributed by atoms with Crippen LogP contribution in [-0.4, -0.2) is 41.6 Å². The molecule has 1 saturated heterocycles. The number of para-hydroxylation sites is 1. The molecule has 1 aliphatic heterocycles. The highest BCUT2D eigenvalue weighted by Gasteiger charge is 2.36. The second-order valence-corrected chi connectivity index (χ2v) is 5.25. The van der Waals surface area contributed by atoms with E-state index in [0.717, 1.165) is 0 Å². The van der Waals surface area contributed by atoms with Gasteiger partial charge in [-0.2, -0.15) is 0 Å². The first-order valence-corrected chi connectivity index (χ1v) is 6.87. The lowest BCUT2D eigenvalue weighted by molar-refractivity contribution is -0.142. The first kappa shape index (κ1) is 15.3. The van der Waals surface area contributed by atoms with Gasteiger partial charge in [-0.1, -0.05) is 19.1 Å². The lowest BCUT2D eigenvalue weighted by Gasteiger charge is -2.16. The quantitative estimate of drug-likeness (QED) is 0.899. The number of carbonyl (C=O) groups excluding carboxylic acids is 1. The summed E-state index contributed by atoms with van der Waals surface area (Å²) in [7, 11) is 0. The van der Waals surface area contributed by atoms with Crippen LogP contribution in [0.15, 0.2) is 24.3 Å². The molecule has 6 heteroatoms. The Morgan fingerprint density at radius 1 is 1.38 bits per heavy atom. The highest BCUT2D eigenvalue weighted by Crippen LogP contribution is 2.23. The molecule has 1 heterocycles. The van der Waals surface area contributed by atoms with Crippen LogP contribution in [0.1, 0.15) is 13.3 Å². The smallest absolute Gasteiger partial charge is 0.308 e. The lowest BCUT2D eigenvalue weighted by Crippen LogP contribution is -2.30. The van der Waals surface area contributed by atoms with Crippen molar-refractivity contribution in [1.82, 2.24) is 4.90 Å². The van der Waals surface area contributed by atoms with E-state index in [4.69, 9.17) is 9.84 Å². The first-order chi connectivity index (χ1) is 9.99. The molecule has 1 amide bonds. The van der Waals surface area contributed by atoms with E-state index >= 15 is 0 Å². The molecule has 1 fully saturated rings. The molecular formula is C15H18FNO4. The fraction of sp³-hybridized carbons (Fsp3) is 0.467. The maximum Gasteiger partial charge on any atom is 0.308 e. The molecule has 1 aromatic rings. The topological polar surface area (TPSA) is 66.8 Å². The van der Waals surface area contributed by atoms with E-state index in [2.05, 4.69) is 0 Å². The largest absolute Gasteiger partial charge is 0.490 e. The van der Waals surface area contributed by atoms with Crippen LogP contribution in [0.25, 0.3) is 0 Å². The first-order valence-electron chi connectivity index (χ1n) is 6.87. The molecule has 5 nitrogen and oxygen atoms in total. The standard InChI is InChI=1S/C15H18FNO4/c1-10-8-17(9-11(10)15(19)20)14(18)6-7-21-13-5-3-2-4-12(13)16/h2-5,10-11H,6-9H2,1H3,(H,19,20).